The van der Waals surface area contributed by atoms with Crippen LogP contribution in [-0.2, 0) is 22.5 Å². The number of carbonyl (C=O) groups excluding carboxylic acids is 1. The summed E-state index contributed by atoms with van der Waals surface area (Å²) in [5, 5.41) is 10.9. The minimum Gasteiger partial charge on any atom is -0.287 e. The summed E-state index contributed by atoms with van der Waals surface area (Å²) < 4.78 is 0. The van der Waals surface area contributed by atoms with Gasteiger partial charge < -0.3 is 0 Å². The molecule has 0 saturated carbocycles. The van der Waals surface area contributed by atoms with E-state index in [4.69, 9.17) is 4.89 Å². The third-order valence-electron chi connectivity index (χ3n) is 2.89. The molecule has 0 fully saturated rings. The summed E-state index contributed by atoms with van der Waals surface area (Å²) in [5.74, 6) is -0.0871. The number of rotatable bonds is 6. The van der Waals surface area contributed by atoms with Crippen LogP contribution in [0.4, 0.5) is 0 Å². The van der Waals surface area contributed by atoms with Crippen molar-refractivity contribution in [2.75, 3.05) is 0 Å². The molecular formula is C14H19NO5. The van der Waals surface area contributed by atoms with E-state index >= 15 is 0 Å². The minimum absolute atomic E-state index is 0.290. The monoisotopic (exact) mass is 281 g/mol. The van der Waals surface area contributed by atoms with Gasteiger partial charge in [-0.1, -0.05) is 19.1 Å². The number of nitro groups is 1. The van der Waals surface area contributed by atoms with Crippen LogP contribution >= 0.6 is 0 Å². The number of carbonyl (C=O) groups is 1. The van der Waals surface area contributed by atoms with Gasteiger partial charge in [-0.15, -0.1) is 0 Å². The lowest BCUT2D eigenvalue weighted by atomic mass is 9.94. The largest absolute Gasteiger partial charge is 0.352 e. The average molecular weight is 281 g/mol. The van der Waals surface area contributed by atoms with Gasteiger partial charge >= 0.3 is 5.97 Å². The van der Waals surface area contributed by atoms with Crippen LogP contribution in [0.2, 0.25) is 0 Å². The van der Waals surface area contributed by atoms with Crippen molar-refractivity contribution in [3.05, 3.63) is 39.4 Å². The van der Waals surface area contributed by atoms with Gasteiger partial charge in [0, 0.05) is 32.1 Å². The highest BCUT2D eigenvalue weighted by atomic mass is 17.2. The molecule has 0 saturated heterocycles. The Kier molecular flexibility index (Phi) is 5.07. The highest BCUT2D eigenvalue weighted by Crippen LogP contribution is 2.24. The van der Waals surface area contributed by atoms with Gasteiger partial charge in [0.25, 0.3) is 0 Å². The molecule has 20 heavy (non-hydrogen) atoms. The lowest BCUT2D eigenvalue weighted by molar-refractivity contribution is -0.560. The van der Waals surface area contributed by atoms with E-state index in [2.05, 4.69) is 4.89 Å². The van der Waals surface area contributed by atoms with Crippen molar-refractivity contribution in [2.24, 2.45) is 0 Å². The maximum atomic E-state index is 10.9. The third kappa shape index (κ3) is 4.22. The van der Waals surface area contributed by atoms with E-state index < -0.39 is 11.5 Å². The predicted molar refractivity (Wildman–Crippen MR) is 73.0 cm³/mol. The second-order valence-electron chi connectivity index (χ2n) is 5.20. The van der Waals surface area contributed by atoms with Crippen molar-refractivity contribution in [1.82, 2.24) is 0 Å². The first-order valence-corrected chi connectivity index (χ1v) is 6.37. The fraction of sp³-hybridized carbons (Fsp3) is 0.500. The van der Waals surface area contributed by atoms with Crippen molar-refractivity contribution in [1.29, 1.82) is 0 Å². The number of nitrogens with zero attached hydrogens (tertiary/aromatic N) is 1. The molecule has 0 aromatic heterocycles. The Morgan fingerprint density at radius 1 is 1.40 bits per heavy atom. The number of aryl methyl sites for hydroxylation is 1. The lowest BCUT2D eigenvalue weighted by Gasteiger charge is -2.16. The van der Waals surface area contributed by atoms with E-state index in [1.807, 2.05) is 13.0 Å². The summed E-state index contributed by atoms with van der Waals surface area (Å²) in [6.45, 7) is 6.35. The molecule has 0 heterocycles. The van der Waals surface area contributed by atoms with Crippen molar-refractivity contribution in [3.8, 4) is 5.75 Å². The van der Waals surface area contributed by atoms with Crippen LogP contribution in [0.1, 0.15) is 38.8 Å². The zero-order valence-electron chi connectivity index (χ0n) is 12.1. The fourth-order valence-corrected chi connectivity index (χ4v) is 1.77. The zero-order valence-corrected chi connectivity index (χ0v) is 12.1. The second kappa shape index (κ2) is 6.36. The van der Waals surface area contributed by atoms with Crippen molar-refractivity contribution in [3.63, 3.8) is 0 Å². The second-order valence-corrected chi connectivity index (χ2v) is 5.20. The third-order valence-corrected chi connectivity index (χ3v) is 2.89. The topological polar surface area (TPSA) is 78.7 Å². The van der Waals surface area contributed by atoms with Crippen molar-refractivity contribution >= 4 is 5.97 Å². The van der Waals surface area contributed by atoms with Gasteiger partial charge in [0.2, 0.25) is 5.54 Å². The number of hydrogen-bond donors (Lipinski definition) is 0. The van der Waals surface area contributed by atoms with E-state index in [-0.39, 0.29) is 4.92 Å². The van der Waals surface area contributed by atoms with Crippen LogP contribution in [0.15, 0.2) is 18.2 Å². The molecule has 1 aromatic rings. The Hall–Kier alpha value is -2.11. The summed E-state index contributed by atoms with van der Waals surface area (Å²) >= 11 is 0. The molecule has 0 aliphatic carbocycles. The van der Waals surface area contributed by atoms with Crippen LogP contribution in [-0.4, -0.2) is 16.4 Å². The van der Waals surface area contributed by atoms with Gasteiger partial charge in [0.15, 0.2) is 5.75 Å². The Morgan fingerprint density at radius 2 is 2.05 bits per heavy atom. The smallest absolute Gasteiger partial charge is 0.287 e. The van der Waals surface area contributed by atoms with Crippen molar-refractivity contribution in [2.45, 2.75) is 46.1 Å². The summed E-state index contributed by atoms with van der Waals surface area (Å²) in [6, 6.07) is 5.24. The molecule has 0 unspecified atom stereocenters. The first kappa shape index (κ1) is 15.9. The molecule has 0 N–H and O–H groups in total. The molecule has 0 spiro atoms. The Balaban J connectivity index is 2.92. The van der Waals surface area contributed by atoms with Crippen LogP contribution in [0.25, 0.3) is 0 Å². The van der Waals surface area contributed by atoms with Gasteiger partial charge in [0.1, 0.15) is 0 Å². The molecule has 110 valence electrons. The number of benzene rings is 1. The van der Waals surface area contributed by atoms with E-state index in [1.54, 1.807) is 26.0 Å². The van der Waals surface area contributed by atoms with Crippen LogP contribution < -0.4 is 4.89 Å². The predicted octanol–water partition coefficient (Wildman–Crippen LogP) is 2.70. The maximum absolute atomic E-state index is 10.9. The van der Waals surface area contributed by atoms with Gasteiger partial charge in [-0.05, 0) is 23.6 Å². The standard InChI is InChI=1S/C14H19NO5/c1-5-12-8-11(9-14(3,4)15(17)18)6-7-13(12)20-19-10(2)16/h6-8H,5,9H2,1-4H3. The van der Waals surface area contributed by atoms with E-state index in [1.165, 1.54) is 6.92 Å². The molecule has 0 amide bonds. The van der Waals surface area contributed by atoms with Gasteiger partial charge in [-0.2, -0.15) is 0 Å². The van der Waals surface area contributed by atoms with Crippen LogP contribution in [0.3, 0.4) is 0 Å². The first-order chi connectivity index (χ1) is 9.26. The Morgan fingerprint density at radius 3 is 2.55 bits per heavy atom. The molecule has 0 aliphatic heterocycles. The maximum Gasteiger partial charge on any atom is 0.352 e. The van der Waals surface area contributed by atoms with Gasteiger partial charge in [0.05, 0.1) is 0 Å². The summed E-state index contributed by atoms with van der Waals surface area (Å²) in [4.78, 5) is 30.8. The molecule has 0 bridgehead atoms. The molecule has 1 aromatic carbocycles. The Bertz CT molecular complexity index is 510. The highest BCUT2D eigenvalue weighted by molar-refractivity contribution is 5.65. The molecule has 0 radical (unpaired) electrons. The zero-order chi connectivity index (χ0) is 15.3. The SMILES string of the molecule is CCc1cc(CC(C)(C)[N+](=O)[O-])ccc1OOC(C)=O. The minimum atomic E-state index is -1.02. The normalized spacial score (nSPS) is 11.0. The molecule has 0 atom stereocenters. The van der Waals surface area contributed by atoms with E-state index in [9.17, 15) is 14.9 Å². The fourth-order valence-electron chi connectivity index (χ4n) is 1.77. The average Bonchev–Trinajstić information content (AvgIpc) is 2.36. The first-order valence-electron chi connectivity index (χ1n) is 6.37. The van der Waals surface area contributed by atoms with Gasteiger partial charge in [-0.25, -0.2) is 4.79 Å². The van der Waals surface area contributed by atoms with E-state index in [0.29, 0.717) is 18.6 Å². The summed E-state index contributed by atoms with van der Waals surface area (Å²) in [6.07, 6.45) is 0.990. The van der Waals surface area contributed by atoms with Gasteiger partial charge in [-0.3, -0.25) is 19.9 Å². The summed E-state index contributed by atoms with van der Waals surface area (Å²) in [5.41, 5.74) is 0.658. The van der Waals surface area contributed by atoms with Crippen LogP contribution in [0.5, 0.6) is 5.75 Å². The molecule has 1 rings (SSSR count). The molecular weight excluding hydrogens is 262 g/mol. The quantitative estimate of drug-likeness (QED) is 0.455. The Labute approximate surface area is 117 Å². The summed E-state index contributed by atoms with van der Waals surface area (Å²) in [7, 11) is 0. The molecule has 0 aliphatic rings. The molecule has 6 nitrogen and oxygen atoms in total. The molecule has 6 heteroatoms. The van der Waals surface area contributed by atoms with E-state index in [0.717, 1.165) is 11.1 Å². The number of hydrogen-bond acceptors (Lipinski definition) is 5. The van der Waals surface area contributed by atoms with Crippen molar-refractivity contribution < 1.29 is 19.5 Å². The van der Waals surface area contributed by atoms with Crippen LogP contribution in [0, 0.1) is 10.1 Å². The lowest BCUT2D eigenvalue weighted by Crippen LogP contribution is -2.33. The highest BCUT2D eigenvalue weighted by Gasteiger charge is 2.31.